The summed E-state index contributed by atoms with van der Waals surface area (Å²) in [5.74, 6) is 0. The zero-order chi connectivity index (χ0) is 15.1. The molecule has 0 atom stereocenters. The van der Waals surface area contributed by atoms with Gasteiger partial charge in [-0.15, -0.1) is 0 Å². The van der Waals surface area contributed by atoms with Crippen molar-refractivity contribution in [2.24, 2.45) is 0 Å². The van der Waals surface area contributed by atoms with E-state index in [4.69, 9.17) is 0 Å². The van der Waals surface area contributed by atoms with Crippen LogP contribution in [0.3, 0.4) is 0 Å². The summed E-state index contributed by atoms with van der Waals surface area (Å²) in [6, 6.07) is 0. The molecule has 0 aromatic rings. The first-order chi connectivity index (χ1) is 8.87. The maximum absolute atomic E-state index is 11.7. The van der Waals surface area contributed by atoms with Crippen LogP contribution >= 0.6 is 17.9 Å². The summed E-state index contributed by atoms with van der Waals surface area (Å²) in [6.45, 7) is 18.4. The third-order valence-corrected chi connectivity index (χ3v) is 32.8. The molecule has 0 heterocycles. The first-order valence-electron chi connectivity index (χ1n) is 5.77. The van der Waals surface area contributed by atoms with Crippen LogP contribution in [0.15, 0.2) is 50.6 Å². The van der Waals surface area contributed by atoms with Crippen LogP contribution in [0.4, 0.5) is 0 Å². The molecule has 2 nitrogen and oxygen atoms in total. The maximum atomic E-state index is 11.7. The third kappa shape index (κ3) is 5.00. The van der Waals surface area contributed by atoms with E-state index >= 15 is 0 Å². The summed E-state index contributed by atoms with van der Waals surface area (Å²) in [5, 5.41) is 0.0406. The van der Waals surface area contributed by atoms with Crippen molar-refractivity contribution in [3.05, 3.63) is 50.6 Å². The van der Waals surface area contributed by atoms with E-state index in [1.54, 1.807) is 24.3 Å². The van der Waals surface area contributed by atoms with E-state index in [0.29, 0.717) is 0 Å². The summed E-state index contributed by atoms with van der Waals surface area (Å²) < 4.78 is -0.0313. The summed E-state index contributed by atoms with van der Waals surface area (Å²) in [4.78, 5) is 23.3. The average Bonchev–Trinajstić information content (AvgIpc) is 2.30. The van der Waals surface area contributed by atoms with Crippen molar-refractivity contribution in [2.45, 2.75) is 21.7 Å². The van der Waals surface area contributed by atoms with Crippen molar-refractivity contribution in [1.29, 1.82) is 0 Å². The van der Waals surface area contributed by atoms with Gasteiger partial charge in [0.2, 0.25) is 0 Å². The van der Waals surface area contributed by atoms with Gasteiger partial charge in [-0.05, 0) is 0 Å². The van der Waals surface area contributed by atoms with E-state index in [1.807, 2.05) is 0 Å². The number of hydrogen-bond donors (Lipinski definition) is 0. The van der Waals surface area contributed by atoms with E-state index in [9.17, 15) is 9.59 Å². The van der Waals surface area contributed by atoms with Crippen LogP contribution in [0.2, 0.25) is 7.87 Å². The van der Waals surface area contributed by atoms with Crippen molar-refractivity contribution < 1.29 is 9.59 Å². The normalized spacial score (nSPS) is 11.2. The molecule has 0 radical (unpaired) electrons. The van der Waals surface area contributed by atoms with Gasteiger partial charge in [0, 0.05) is 0 Å². The van der Waals surface area contributed by atoms with E-state index in [2.05, 4.69) is 26.3 Å². The number of carbonyl (C=O) groups is 2. The predicted molar refractivity (Wildman–Crippen MR) is 90.6 cm³/mol. The van der Waals surface area contributed by atoms with Crippen LogP contribution in [-0.2, 0) is 9.59 Å². The fourth-order valence-corrected chi connectivity index (χ4v) is 31.8. The number of rotatable bonds is 8. The van der Waals surface area contributed by atoms with Crippen LogP contribution in [0.5, 0.6) is 0 Å². The molecule has 0 fully saturated rings. The topological polar surface area (TPSA) is 34.1 Å². The first kappa shape index (κ1) is 18.8. The van der Waals surface area contributed by atoms with Gasteiger partial charge >= 0.3 is 126 Å². The zero-order valence-corrected chi connectivity index (χ0v) is 15.9. The summed E-state index contributed by atoms with van der Waals surface area (Å²) in [5.41, 5.74) is 0. The Hall–Kier alpha value is -0.201. The van der Waals surface area contributed by atoms with Crippen molar-refractivity contribution in [2.75, 3.05) is 0 Å². The van der Waals surface area contributed by atoms with Crippen molar-refractivity contribution in [3.63, 3.8) is 0 Å². The van der Waals surface area contributed by atoms with Gasteiger partial charge in [0.1, 0.15) is 0 Å². The molecule has 0 saturated carbocycles. The molecule has 0 N–H and O–H groups in total. The SMILES string of the molecule is C=C[CH](C=C)[Sn]([S]C(C)=O)([S]C(C)=O)[CH](C=C)C=C. The monoisotopic (exact) mass is 404 g/mol. The van der Waals surface area contributed by atoms with Gasteiger partial charge in [-0.3, -0.25) is 0 Å². The molecule has 19 heavy (non-hydrogen) atoms. The van der Waals surface area contributed by atoms with Crippen molar-refractivity contribution in [1.82, 2.24) is 0 Å². The molecule has 0 rings (SSSR count). The molecular weight excluding hydrogens is 383 g/mol. The Bertz CT molecular complexity index is 350. The molecule has 0 bridgehead atoms. The number of carbonyl (C=O) groups excluding carboxylic acids is 2. The second kappa shape index (κ2) is 8.87. The molecule has 0 aliphatic rings. The molecule has 0 aromatic carbocycles. The summed E-state index contributed by atoms with van der Waals surface area (Å²) in [6.07, 6.45) is 7.15. The third-order valence-electron chi connectivity index (χ3n) is 2.55. The van der Waals surface area contributed by atoms with E-state index in [0.717, 1.165) is 0 Å². The molecule has 0 aromatic heterocycles. The fourth-order valence-electron chi connectivity index (χ4n) is 1.81. The molecule has 0 unspecified atom stereocenters. The molecule has 0 aliphatic heterocycles. The van der Waals surface area contributed by atoms with Gasteiger partial charge in [0.25, 0.3) is 0 Å². The molecular formula is C14H20O2S2Sn. The number of allylic oxidation sites excluding steroid dienone is 4. The van der Waals surface area contributed by atoms with Gasteiger partial charge in [0.15, 0.2) is 0 Å². The second-order valence-corrected chi connectivity index (χ2v) is 27.7. The van der Waals surface area contributed by atoms with E-state index < -0.39 is 15.6 Å². The Balaban J connectivity index is 5.93. The average molecular weight is 403 g/mol. The molecule has 0 amide bonds. The second-order valence-electron chi connectivity index (χ2n) is 3.90. The fraction of sp³-hybridized carbons (Fsp3) is 0.286. The van der Waals surface area contributed by atoms with Crippen molar-refractivity contribution >= 4 is 43.7 Å². The molecule has 0 spiro atoms. The summed E-state index contributed by atoms with van der Waals surface area (Å²) in [7, 11) is 2.64. The van der Waals surface area contributed by atoms with Gasteiger partial charge in [-0.1, -0.05) is 0 Å². The predicted octanol–water partition coefficient (Wildman–Crippen LogP) is 4.47. The van der Waals surface area contributed by atoms with Crippen LogP contribution in [0, 0.1) is 0 Å². The van der Waals surface area contributed by atoms with Crippen molar-refractivity contribution in [3.8, 4) is 0 Å². The Labute approximate surface area is 125 Å². The summed E-state index contributed by atoms with van der Waals surface area (Å²) >= 11 is -3.42. The van der Waals surface area contributed by atoms with Crippen LogP contribution in [-0.4, -0.2) is 25.8 Å². The molecule has 104 valence electrons. The van der Waals surface area contributed by atoms with Crippen LogP contribution < -0.4 is 0 Å². The Morgan fingerprint density at radius 2 is 1.11 bits per heavy atom. The Morgan fingerprint density at radius 3 is 1.26 bits per heavy atom. The first-order valence-corrected chi connectivity index (χ1v) is 17.7. The van der Waals surface area contributed by atoms with Gasteiger partial charge in [-0.25, -0.2) is 0 Å². The van der Waals surface area contributed by atoms with Crippen LogP contribution in [0.25, 0.3) is 0 Å². The standard InChI is InChI=1S/2C5H7.2C2H4OS.Sn/c2*1-3-5-4-2;2*1-2(3)4;/h2*3-5H,1-2H2;2*1H3,(H,3,4);/q;;;;+2/p-2. The van der Waals surface area contributed by atoms with E-state index in [-0.39, 0.29) is 18.1 Å². The minimum absolute atomic E-state index is 0.0156. The Morgan fingerprint density at radius 1 is 0.842 bits per heavy atom. The number of hydrogen-bond acceptors (Lipinski definition) is 4. The molecule has 5 heteroatoms. The molecule has 0 saturated heterocycles. The quantitative estimate of drug-likeness (QED) is 0.443. The van der Waals surface area contributed by atoms with E-state index in [1.165, 1.54) is 31.7 Å². The van der Waals surface area contributed by atoms with Gasteiger partial charge < -0.3 is 0 Å². The zero-order valence-electron chi connectivity index (χ0n) is 11.4. The Kier molecular flexibility index (Phi) is 8.77. The minimum atomic E-state index is -3.42. The van der Waals surface area contributed by atoms with Gasteiger partial charge in [0.05, 0.1) is 0 Å². The van der Waals surface area contributed by atoms with Gasteiger partial charge in [-0.2, -0.15) is 0 Å². The van der Waals surface area contributed by atoms with Crippen LogP contribution in [0.1, 0.15) is 13.8 Å². The molecule has 0 aliphatic carbocycles.